The van der Waals surface area contributed by atoms with Crippen molar-refractivity contribution in [2.24, 2.45) is 0 Å². The van der Waals surface area contributed by atoms with Gasteiger partial charge in [0.2, 0.25) is 5.91 Å². The summed E-state index contributed by atoms with van der Waals surface area (Å²) in [6, 6.07) is 11.5. The van der Waals surface area contributed by atoms with Crippen molar-refractivity contribution in [2.45, 2.75) is 51.1 Å². The Labute approximate surface area is 115 Å². The third kappa shape index (κ3) is 5.03. The van der Waals surface area contributed by atoms with Crippen LogP contribution in [0.2, 0.25) is 0 Å². The molecule has 1 aromatic rings. The lowest BCUT2D eigenvalue weighted by Crippen LogP contribution is -2.43. The van der Waals surface area contributed by atoms with Crippen LogP contribution in [0.25, 0.3) is 0 Å². The number of carbonyl (C=O) groups excluding carboxylic acids is 1. The van der Waals surface area contributed by atoms with Crippen LogP contribution in [0.15, 0.2) is 30.3 Å². The van der Waals surface area contributed by atoms with Gasteiger partial charge in [-0.3, -0.25) is 4.79 Å². The summed E-state index contributed by atoms with van der Waals surface area (Å²) in [6.45, 7) is 2.62. The van der Waals surface area contributed by atoms with Gasteiger partial charge in [-0.15, -0.1) is 0 Å². The van der Waals surface area contributed by atoms with Gasteiger partial charge in [0.25, 0.3) is 0 Å². The van der Waals surface area contributed by atoms with E-state index in [-0.39, 0.29) is 5.91 Å². The summed E-state index contributed by atoms with van der Waals surface area (Å²) >= 11 is 0. The zero-order valence-corrected chi connectivity index (χ0v) is 11.7. The molecule has 0 aromatic heterocycles. The van der Waals surface area contributed by atoms with Crippen LogP contribution in [0.1, 0.15) is 38.2 Å². The van der Waals surface area contributed by atoms with E-state index in [0.717, 1.165) is 25.8 Å². The maximum atomic E-state index is 11.1. The van der Waals surface area contributed by atoms with Gasteiger partial charge in [-0.25, -0.2) is 0 Å². The van der Waals surface area contributed by atoms with E-state index in [1.165, 1.54) is 18.4 Å². The first-order valence-corrected chi connectivity index (χ1v) is 7.28. The predicted molar refractivity (Wildman–Crippen MR) is 78.0 cm³/mol. The molecule has 2 rings (SSSR count). The number of amides is 1. The number of rotatable bonds is 5. The molecule has 0 bridgehead atoms. The van der Waals surface area contributed by atoms with E-state index in [1.807, 2.05) is 0 Å². The van der Waals surface area contributed by atoms with E-state index in [9.17, 15) is 4.79 Å². The molecule has 2 atom stereocenters. The van der Waals surface area contributed by atoms with E-state index in [1.54, 1.807) is 6.92 Å². The zero-order valence-electron chi connectivity index (χ0n) is 11.7. The van der Waals surface area contributed by atoms with Crippen LogP contribution in [0.5, 0.6) is 0 Å². The number of nitrogens with one attached hydrogen (secondary N) is 2. The highest BCUT2D eigenvalue weighted by Crippen LogP contribution is 2.18. The first kappa shape index (κ1) is 14.1. The highest BCUT2D eigenvalue weighted by molar-refractivity contribution is 5.73. The molecule has 1 aromatic carbocycles. The summed E-state index contributed by atoms with van der Waals surface area (Å²) in [6.07, 6.45) is 5.69. The standard InChI is InChI=1S/C16H24N2O/c1-13(19)18-16-9-5-8-15(12-16)17-11-10-14-6-3-2-4-7-14/h2-4,6-7,15-17H,5,8-12H2,1H3,(H,18,19)/t15-,16-/m1/s1. The molecule has 0 saturated heterocycles. The lowest BCUT2D eigenvalue weighted by atomic mass is 9.91. The first-order valence-electron chi connectivity index (χ1n) is 7.28. The average Bonchev–Trinajstić information content (AvgIpc) is 2.40. The predicted octanol–water partition coefficient (Wildman–Crippen LogP) is 2.27. The lowest BCUT2D eigenvalue weighted by Gasteiger charge is -2.30. The molecule has 2 N–H and O–H groups in total. The van der Waals surface area contributed by atoms with Gasteiger partial charge in [0.05, 0.1) is 0 Å². The maximum absolute atomic E-state index is 11.1. The van der Waals surface area contributed by atoms with Crippen molar-refractivity contribution in [3.63, 3.8) is 0 Å². The third-order valence-electron chi connectivity index (χ3n) is 3.77. The molecular formula is C16H24N2O. The number of hydrogen-bond donors (Lipinski definition) is 2. The molecule has 104 valence electrons. The Hall–Kier alpha value is -1.35. The summed E-state index contributed by atoms with van der Waals surface area (Å²) < 4.78 is 0. The van der Waals surface area contributed by atoms with E-state index in [2.05, 4.69) is 41.0 Å². The fourth-order valence-electron chi connectivity index (χ4n) is 2.86. The van der Waals surface area contributed by atoms with Crippen molar-refractivity contribution >= 4 is 5.91 Å². The van der Waals surface area contributed by atoms with Gasteiger partial charge in [-0.2, -0.15) is 0 Å². The average molecular weight is 260 g/mol. The molecule has 3 nitrogen and oxygen atoms in total. The summed E-state index contributed by atoms with van der Waals surface area (Å²) in [5, 5.41) is 6.66. The highest BCUT2D eigenvalue weighted by Gasteiger charge is 2.21. The van der Waals surface area contributed by atoms with Crippen LogP contribution in [0.3, 0.4) is 0 Å². The van der Waals surface area contributed by atoms with E-state index >= 15 is 0 Å². The van der Waals surface area contributed by atoms with Crippen molar-refractivity contribution in [2.75, 3.05) is 6.54 Å². The summed E-state index contributed by atoms with van der Waals surface area (Å²) in [4.78, 5) is 11.1. The molecule has 0 radical (unpaired) electrons. The molecule has 0 heterocycles. The summed E-state index contributed by atoms with van der Waals surface area (Å²) in [5.74, 6) is 0.0925. The second-order valence-corrected chi connectivity index (χ2v) is 5.45. The van der Waals surface area contributed by atoms with Crippen LogP contribution in [0.4, 0.5) is 0 Å². The molecule has 0 aliphatic heterocycles. The molecule has 1 aliphatic rings. The van der Waals surface area contributed by atoms with Gasteiger partial charge in [0.15, 0.2) is 0 Å². The fourth-order valence-corrected chi connectivity index (χ4v) is 2.86. The minimum atomic E-state index is 0.0925. The van der Waals surface area contributed by atoms with Crippen molar-refractivity contribution in [3.05, 3.63) is 35.9 Å². The largest absolute Gasteiger partial charge is 0.354 e. The lowest BCUT2D eigenvalue weighted by molar-refractivity contribution is -0.119. The molecule has 1 aliphatic carbocycles. The highest BCUT2D eigenvalue weighted by atomic mass is 16.1. The molecule has 1 fully saturated rings. The molecule has 1 amide bonds. The van der Waals surface area contributed by atoms with Crippen molar-refractivity contribution in [1.29, 1.82) is 0 Å². The monoisotopic (exact) mass is 260 g/mol. The summed E-state index contributed by atoms with van der Waals surface area (Å²) in [5.41, 5.74) is 1.38. The third-order valence-corrected chi connectivity index (χ3v) is 3.77. The summed E-state index contributed by atoms with van der Waals surface area (Å²) in [7, 11) is 0. The Balaban J connectivity index is 1.69. The minimum absolute atomic E-state index is 0.0925. The van der Waals surface area contributed by atoms with E-state index in [4.69, 9.17) is 0 Å². The van der Waals surface area contributed by atoms with Gasteiger partial charge >= 0.3 is 0 Å². The molecule has 3 heteroatoms. The second-order valence-electron chi connectivity index (χ2n) is 5.45. The molecule has 1 saturated carbocycles. The molecular weight excluding hydrogens is 236 g/mol. The van der Waals surface area contributed by atoms with E-state index < -0.39 is 0 Å². The molecule has 0 spiro atoms. The van der Waals surface area contributed by atoms with Gasteiger partial charge in [0.1, 0.15) is 0 Å². The Morgan fingerprint density at radius 2 is 1.95 bits per heavy atom. The Bertz CT molecular complexity index is 391. The molecule has 19 heavy (non-hydrogen) atoms. The van der Waals surface area contributed by atoms with Crippen molar-refractivity contribution in [1.82, 2.24) is 10.6 Å². The van der Waals surface area contributed by atoms with Crippen LogP contribution in [0, 0.1) is 0 Å². The van der Waals surface area contributed by atoms with Crippen molar-refractivity contribution in [3.8, 4) is 0 Å². The quantitative estimate of drug-likeness (QED) is 0.852. The van der Waals surface area contributed by atoms with Crippen LogP contribution in [-0.4, -0.2) is 24.5 Å². The maximum Gasteiger partial charge on any atom is 0.217 e. The normalized spacial score (nSPS) is 23.0. The topological polar surface area (TPSA) is 41.1 Å². The SMILES string of the molecule is CC(=O)N[C@@H]1CCC[C@@H](NCCc2ccccc2)C1. The Kier molecular flexibility index (Phi) is 5.40. The number of carbonyl (C=O) groups is 1. The van der Waals surface area contributed by atoms with Gasteiger partial charge in [-0.05, 0) is 44.2 Å². The van der Waals surface area contributed by atoms with E-state index in [0.29, 0.717) is 12.1 Å². The first-order chi connectivity index (χ1) is 9.24. The minimum Gasteiger partial charge on any atom is -0.354 e. The van der Waals surface area contributed by atoms with Gasteiger partial charge in [-0.1, -0.05) is 30.3 Å². The zero-order chi connectivity index (χ0) is 13.5. The van der Waals surface area contributed by atoms with Gasteiger partial charge < -0.3 is 10.6 Å². The van der Waals surface area contributed by atoms with Crippen molar-refractivity contribution < 1.29 is 4.79 Å². The number of benzene rings is 1. The van der Waals surface area contributed by atoms with Crippen LogP contribution < -0.4 is 10.6 Å². The Morgan fingerprint density at radius 1 is 1.21 bits per heavy atom. The molecule has 0 unspecified atom stereocenters. The van der Waals surface area contributed by atoms with Crippen LogP contribution >= 0.6 is 0 Å². The number of hydrogen-bond acceptors (Lipinski definition) is 2. The second kappa shape index (κ2) is 7.29. The fraction of sp³-hybridized carbons (Fsp3) is 0.562. The Morgan fingerprint density at radius 3 is 2.68 bits per heavy atom. The van der Waals surface area contributed by atoms with Gasteiger partial charge in [0, 0.05) is 19.0 Å². The smallest absolute Gasteiger partial charge is 0.217 e. The van der Waals surface area contributed by atoms with Crippen LogP contribution in [-0.2, 0) is 11.2 Å².